The van der Waals surface area contributed by atoms with Crippen LogP contribution in [0.5, 0.6) is 0 Å². The first-order valence-electron chi connectivity index (χ1n) is 6.38. The topological polar surface area (TPSA) is 63.8 Å². The van der Waals surface area contributed by atoms with Crippen molar-refractivity contribution in [2.75, 3.05) is 0 Å². The quantitative estimate of drug-likeness (QED) is 0.657. The molecule has 2 aromatic heterocycles. The minimum absolute atomic E-state index is 0.0570. The Hall–Kier alpha value is -1.99. The van der Waals surface area contributed by atoms with E-state index < -0.39 is 17.8 Å². The Labute approximate surface area is 120 Å². The lowest BCUT2D eigenvalue weighted by Gasteiger charge is -2.20. The van der Waals surface area contributed by atoms with Gasteiger partial charge in [-0.25, -0.2) is 0 Å². The number of hydrogen-bond donors (Lipinski definition) is 2. The molecule has 0 aliphatic carbocycles. The van der Waals surface area contributed by atoms with Gasteiger partial charge in [-0.05, 0) is 36.6 Å². The summed E-state index contributed by atoms with van der Waals surface area (Å²) in [6.45, 7) is 0. The number of nitrogens with zero attached hydrogens (tertiary/aromatic N) is 2. The molecule has 0 fully saturated rings. The van der Waals surface area contributed by atoms with E-state index in [0.717, 1.165) is 17.8 Å². The molecule has 0 aromatic carbocycles. The van der Waals surface area contributed by atoms with Crippen LogP contribution in [0.4, 0.5) is 13.2 Å². The maximum atomic E-state index is 13.0. The fraction of sp³-hybridized carbons (Fsp3) is 0.286. The van der Waals surface area contributed by atoms with Crippen molar-refractivity contribution in [2.45, 2.75) is 25.1 Å². The number of pyridine rings is 2. The van der Waals surface area contributed by atoms with Gasteiger partial charge in [0, 0.05) is 36.4 Å². The molecule has 0 bridgehead atoms. The first-order chi connectivity index (χ1) is 10.0. The Morgan fingerprint density at radius 2 is 1.76 bits per heavy atom. The van der Waals surface area contributed by atoms with Gasteiger partial charge in [0.25, 0.3) is 0 Å². The molecule has 0 amide bonds. The highest BCUT2D eigenvalue weighted by Crippen LogP contribution is 2.34. The van der Waals surface area contributed by atoms with Crippen LogP contribution in [0.25, 0.3) is 0 Å². The zero-order chi connectivity index (χ0) is 15.3. The predicted octanol–water partition coefficient (Wildman–Crippen LogP) is 2.63. The van der Waals surface area contributed by atoms with Gasteiger partial charge in [-0.3, -0.25) is 21.2 Å². The zero-order valence-electron chi connectivity index (χ0n) is 11.1. The van der Waals surface area contributed by atoms with E-state index in [1.165, 1.54) is 6.20 Å². The lowest BCUT2D eigenvalue weighted by atomic mass is 9.97. The molecule has 3 N–H and O–H groups in total. The SMILES string of the molecule is NNC(CCc1ccncc1)c1cnccc1C(F)(F)F. The molecular formula is C14H15F3N4. The molecule has 21 heavy (non-hydrogen) atoms. The number of nitrogens with two attached hydrogens (primary N) is 1. The van der Waals surface area contributed by atoms with Crippen molar-refractivity contribution < 1.29 is 13.2 Å². The Morgan fingerprint density at radius 1 is 1.10 bits per heavy atom. The minimum Gasteiger partial charge on any atom is -0.271 e. The van der Waals surface area contributed by atoms with Crippen molar-refractivity contribution in [3.05, 3.63) is 59.7 Å². The largest absolute Gasteiger partial charge is 0.416 e. The highest BCUT2D eigenvalue weighted by molar-refractivity contribution is 5.29. The first kappa shape index (κ1) is 15.4. The second-order valence-electron chi connectivity index (χ2n) is 4.57. The molecule has 0 spiro atoms. The summed E-state index contributed by atoms with van der Waals surface area (Å²) < 4.78 is 39.0. The second kappa shape index (κ2) is 6.64. The fourth-order valence-corrected chi connectivity index (χ4v) is 2.13. The first-order valence-corrected chi connectivity index (χ1v) is 6.38. The van der Waals surface area contributed by atoms with E-state index in [2.05, 4.69) is 15.4 Å². The van der Waals surface area contributed by atoms with Crippen molar-refractivity contribution in [2.24, 2.45) is 5.84 Å². The number of hydrazine groups is 1. The Bertz CT molecular complexity index is 572. The van der Waals surface area contributed by atoms with Gasteiger partial charge in [-0.15, -0.1) is 0 Å². The monoisotopic (exact) mass is 296 g/mol. The minimum atomic E-state index is -4.43. The van der Waals surface area contributed by atoms with Crippen LogP contribution in [0, 0.1) is 0 Å². The molecule has 0 saturated heterocycles. The Kier molecular flexibility index (Phi) is 4.87. The molecule has 2 aromatic rings. The van der Waals surface area contributed by atoms with Crippen LogP contribution in [-0.2, 0) is 12.6 Å². The van der Waals surface area contributed by atoms with Crippen LogP contribution in [0.3, 0.4) is 0 Å². The number of aryl methyl sites for hydroxylation is 1. The van der Waals surface area contributed by atoms with Crippen LogP contribution < -0.4 is 11.3 Å². The standard InChI is InChI=1S/C14H15F3N4/c15-14(16,17)12-5-8-20-9-11(12)13(21-18)2-1-10-3-6-19-7-4-10/h3-9,13,21H,1-2,18H2. The predicted molar refractivity (Wildman–Crippen MR) is 71.9 cm³/mol. The third-order valence-corrected chi connectivity index (χ3v) is 3.20. The Balaban J connectivity index is 2.18. The van der Waals surface area contributed by atoms with Crippen molar-refractivity contribution >= 4 is 0 Å². The molecule has 0 saturated carbocycles. The molecule has 0 aliphatic heterocycles. The number of aromatic nitrogens is 2. The number of nitrogens with one attached hydrogen (secondary N) is 1. The van der Waals surface area contributed by atoms with Gasteiger partial charge in [0.2, 0.25) is 0 Å². The van der Waals surface area contributed by atoms with Crippen LogP contribution in [0.15, 0.2) is 43.0 Å². The molecule has 112 valence electrons. The maximum Gasteiger partial charge on any atom is 0.416 e. The second-order valence-corrected chi connectivity index (χ2v) is 4.57. The smallest absolute Gasteiger partial charge is 0.271 e. The summed E-state index contributed by atoms with van der Waals surface area (Å²) in [5, 5.41) is 0. The van der Waals surface area contributed by atoms with Crippen molar-refractivity contribution in [3.63, 3.8) is 0 Å². The van der Waals surface area contributed by atoms with E-state index in [1.54, 1.807) is 12.4 Å². The van der Waals surface area contributed by atoms with Gasteiger partial charge in [-0.2, -0.15) is 13.2 Å². The van der Waals surface area contributed by atoms with Gasteiger partial charge < -0.3 is 0 Å². The molecular weight excluding hydrogens is 281 g/mol. The van der Waals surface area contributed by atoms with Crippen molar-refractivity contribution in [1.29, 1.82) is 0 Å². The highest BCUT2D eigenvalue weighted by atomic mass is 19.4. The van der Waals surface area contributed by atoms with E-state index in [0.29, 0.717) is 12.8 Å². The van der Waals surface area contributed by atoms with Crippen LogP contribution in [0.2, 0.25) is 0 Å². The molecule has 1 atom stereocenters. The lowest BCUT2D eigenvalue weighted by Crippen LogP contribution is -2.30. The van der Waals surface area contributed by atoms with Crippen LogP contribution >= 0.6 is 0 Å². The van der Waals surface area contributed by atoms with Gasteiger partial charge >= 0.3 is 6.18 Å². The summed E-state index contributed by atoms with van der Waals surface area (Å²) >= 11 is 0. The molecule has 4 nitrogen and oxygen atoms in total. The number of alkyl halides is 3. The summed E-state index contributed by atoms with van der Waals surface area (Å²) in [6, 6.07) is 3.98. The van der Waals surface area contributed by atoms with Crippen molar-refractivity contribution in [3.8, 4) is 0 Å². The molecule has 2 heterocycles. The molecule has 7 heteroatoms. The summed E-state index contributed by atoms with van der Waals surface area (Å²) in [5.74, 6) is 5.42. The van der Waals surface area contributed by atoms with E-state index in [-0.39, 0.29) is 5.56 Å². The van der Waals surface area contributed by atoms with E-state index >= 15 is 0 Å². The molecule has 1 unspecified atom stereocenters. The van der Waals surface area contributed by atoms with E-state index in [1.807, 2.05) is 12.1 Å². The molecule has 2 rings (SSSR count). The fourth-order valence-electron chi connectivity index (χ4n) is 2.13. The molecule has 0 radical (unpaired) electrons. The highest BCUT2D eigenvalue weighted by Gasteiger charge is 2.35. The van der Waals surface area contributed by atoms with E-state index in [4.69, 9.17) is 5.84 Å². The average molecular weight is 296 g/mol. The Morgan fingerprint density at radius 3 is 2.38 bits per heavy atom. The maximum absolute atomic E-state index is 13.0. The zero-order valence-corrected chi connectivity index (χ0v) is 11.1. The van der Waals surface area contributed by atoms with Gasteiger partial charge in [0.05, 0.1) is 5.56 Å². The van der Waals surface area contributed by atoms with Crippen LogP contribution in [0.1, 0.15) is 29.2 Å². The third-order valence-electron chi connectivity index (χ3n) is 3.20. The van der Waals surface area contributed by atoms with Gasteiger partial charge in [0.15, 0.2) is 0 Å². The van der Waals surface area contributed by atoms with Gasteiger partial charge in [0.1, 0.15) is 0 Å². The number of hydrogen-bond acceptors (Lipinski definition) is 4. The summed E-state index contributed by atoms with van der Waals surface area (Å²) in [7, 11) is 0. The van der Waals surface area contributed by atoms with Gasteiger partial charge in [-0.1, -0.05) is 0 Å². The van der Waals surface area contributed by atoms with Crippen LogP contribution in [-0.4, -0.2) is 9.97 Å². The third kappa shape index (κ3) is 3.99. The summed E-state index contributed by atoms with van der Waals surface area (Å²) in [4.78, 5) is 7.68. The van der Waals surface area contributed by atoms with E-state index in [9.17, 15) is 13.2 Å². The average Bonchev–Trinajstić information content (AvgIpc) is 2.48. The lowest BCUT2D eigenvalue weighted by molar-refractivity contribution is -0.138. The summed E-state index contributed by atoms with van der Waals surface area (Å²) in [6.07, 6.45) is 2.21. The normalized spacial score (nSPS) is 13.1. The summed E-state index contributed by atoms with van der Waals surface area (Å²) in [5.41, 5.74) is 2.78. The number of halogens is 3. The molecule has 0 aliphatic rings. The van der Waals surface area contributed by atoms with Crippen molar-refractivity contribution in [1.82, 2.24) is 15.4 Å². The number of rotatable bonds is 5.